The van der Waals surface area contributed by atoms with E-state index in [0.717, 1.165) is 12.8 Å². The van der Waals surface area contributed by atoms with E-state index in [1.807, 2.05) is 0 Å². The van der Waals surface area contributed by atoms with Gasteiger partial charge in [-0.3, -0.25) is 0 Å². The Kier molecular flexibility index (Phi) is 5.58. The van der Waals surface area contributed by atoms with E-state index >= 15 is 0 Å². The third-order valence-electron chi connectivity index (χ3n) is 3.66. The summed E-state index contributed by atoms with van der Waals surface area (Å²) in [6.07, 6.45) is 3.14. The number of aliphatic hydroxyl groups is 1. The number of hydrogen-bond acceptors (Lipinski definition) is 5. The monoisotopic (exact) mass is 293 g/mol. The van der Waals surface area contributed by atoms with Crippen LogP contribution in [0.4, 0.5) is 0 Å². The highest BCUT2D eigenvalue weighted by Crippen LogP contribution is 2.20. The first kappa shape index (κ1) is 15.2. The minimum Gasteiger partial charge on any atom is -0.394 e. The third kappa shape index (κ3) is 4.39. The fourth-order valence-corrected chi connectivity index (χ4v) is 4.32. The molecule has 1 N–H and O–H groups in total. The first-order valence-corrected chi connectivity index (χ1v) is 8.54. The van der Waals surface area contributed by atoms with Crippen molar-refractivity contribution in [3.8, 4) is 0 Å². The molecule has 19 heavy (non-hydrogen) atoms. The second-order valence-electron chi connectivity index (χ2n) is 5.11. The van der Waals surface area contributed by atoms with Gasteiger partial charge in [0.25, 0.3) is 0 Å². The van der Waals surface area contributed by atoms with Crippen LogP contribution >= 0.6 is 0 Å². The van der Waals surface area contributed by atoms with Gasteiger partial charge in [0.1, 0.15) is 0 Å². The van der Waals surface area contributed by atoms with E-state index in [2.05, 4.69) is 0 Å². The van der Waals surface area contributed by atoms with Crippen molar-refractivity contribution < 1.29 is 23.0 Å². The molecule has 2 aliphatic rings. The molecule has 0 aromatic carbocycles. The Morgan fingerprint density at radius 3 is 2.58 bits per heavy atom. The van der Waals surface area contributed by atoms with Crippen molar-refractivity contribution in [3.63, 3.8) is 0 Å². The second-order valence-corrected chi connectivity index (χ2v) is 7.12. The van der Waals surface area contributed by atoms with Gasteiger partial charge >= 0.3 is 0 Å². The maximum Gasteiger partial charge on any atom is 0.216 e. The highest BCUT2D eigenvalue weighted by Gasteiger charge is 2.31. The molecule has 2 aliphatic heterocycles. The van der Waals surface area contributed by atoms with Crippen LogP contribution in [0.2, 0.25) is 0 Å². The Morgan fingerprint density at radius 2 is 2.00 bits per heavy atom. The molecule has 0 aliphatic carbocycles. The SMILES string of the molecule is O=S(=O)(CC1CCCO1)N1CCC(OCCO)CC1. The van der Waals surface area contributed by atoms with Crippen LogP contribution in [-0.4, -0.2) is 68.7 Å². The van der Waals surface area contributed by atoms with Crippen molar-refractivity contribution in [2.75, 3.05) is 38.7 Å². The molecule has 112 valence electrons. The van der Waals surface area contributed by atoms with Crippen LogP contribution in [0.15, 0.2) is 0 Å². The van der Waals surface area contributed by atoms with Gasteiger partial charge in [-0.05, 0) is 25.7 Å². The minimum atomic E-state index is -3.21. The molecule has 0 spiro atoms. The highest BCUT2D eigenvalue weighted by atomic mass is 32.2. The second kappa shape index (κ2) is 6.99. The first-order chi connectivity index (χ1) is 9.12. The van der Waals surface area contributed by atoms with E-state index < -0.39 is 10.0 Å². The normalized spacial score (nSPS) is 26.9. The predicted octanol–water partition coefficient (Wildman–Crippen LogP) is -0.0315. The van der Waals surface area contributed by atoms with Gasteiger partial charge in [0.05, 0.1) is 31.2 Å². The molecule has 0 saturated carbocycles. The lowest BCUT2D eigenvalue weighted by Gasteiger charge is -2.31. The van der Waals surface area contributed by atoms with Crippen LogP contribution in [0, 0.1) is 0 Å². The molecule has 2 heterocycles. The largest absolute Gasteiger partial charge is 0.394 e. The number of ether oxygens (including phenoxy) is 2. The predicted molar refractivity (Wildman–Crippen MR) is 70.4 cm³/mol. The van der Waals surface area contributed by atoms with Crippen LogP contribution in [0.5, 0.6) is 0 Å². The highest BCUT2D eigenvalue weighted by molar-refractivity contribution is 7.89. The quantitative estimate of drug-likeness (QED) is 0.744. The molecule has 2 saturated heterocycles. The molecular weight excluding hydrogens is 270 g/mol. The van der Waals surface area contributed by atoms with Gasteiger partial charge in [-0.1, -0.05) is 0 Å². The number of nitrogens with zero attached hydrogens (tertiary/aromatic N) is 1. The molecule has 0 amide bonds. The van der Waals surface area contributed by atoms with Gasteiger partial charge in [0.15, 0.2) is 0 Å². The average molecular weight is 293 g/mol. The topological polar surface area (TPSA) is 76.1 Å². The summed E-state index contributed by atoms with van der Waals surface area (Å²) in [4.78, 5) is 0. The molecule has 7 heteroatoms. The Hall–Kier alpha value is -0.210. The van der Waals surface area contributed by atoms with Gasteiger partial charge in [0.2, 0.25) is 10.0 Å². The van der Waals surface area contributed by atoms with Gasteiger partial charge < -0.3 is 14.6 Å². The van der Waals surface area contributed by atoms with E-state index in [0.29, 0.717) is 39.1 Å². The Bertz CT molecular complexity index is 358. The molecule has 1 unspecified atom stereocenters. The number of hydrogen-bond donors (Lipinski definition) is 1. The maximum atomic E-state index is 12.2. The van der Waals surface area contributed by atoms with Crippen molar-refractivity contribution in [1.82, 2.24) is 4.31 Å². The average Bonchev–Trinajstić information content (AvgIpc) is 2.89. The maximum absolute atomic E-state index is 12.2. The molecule has 2 rings (SSSR count). The zero-order valence-corrected chi connectivity index (χ0v) is 12.0. The summed E-state index contributed by atoms with van der Waals surface area (Å²) in [6, 6.07) is 0. The molecule has 0 aromatic heterocycles. The Balaban J connectivity index is 1.79. The lowest BCUT2D eigenvalue weighted by atomic mass is 10.1. The summed E-state index contributed by atoms with van der Waals surface area (Å²) in [5.74, 6) is 0.106. The lowest BCUT2D eigenvalue weighted by Crippen LogP contribution is -2.43. The van der Waals surface area contributed by atoms with Gasteiger partial charge in [-0.15, -0.1) is 0 Å². The minimum absolute atomic E-state index is 0.0114. The van der Waals surface area contributed by atoms with Crippen LogP contribution in [-0.2, 0) is 19.5 Å². The fourth-order valence-electron chi connectivity index (χ4n) is 2.61. The summed E-state index contributed by atoms with van der Waals surface area (Å²) < 4.78 is 36.8. The Labute approximate surface area is 114 Å². The van der Waals surface area contributed by atoms with Gasteiger partial charge in [-0.25, -0.2) is 12.7 Å². The molecule has 0 aromatic rings. The van der Waals surface area contributed by atoms with Crippen LogP contribution in [0.3, 0.4) is 0 Å². The number of sulfonamides is 1. The first-order valence-electron chi connectivity index (χ1n) is 6.94. The van der Waals surface area contributed by atoms with E-state index in [1.165, 1.54) is 0 Å². The molecule has 6 nitrogen and oxygen atoms in total. The van der Waals surface area contributed by atoms with E-state index in [-0.39, 0.29) is 24.6 Å². The fraction of sp³-hybridized carbons (Fsp3) is 1.00. The van der Waals surface area contributed by atoms with E-state index in [9.17, 15) is 8.42 Å². The lowest BCUT2D eigenvalue weighted by molar-refractivity contribution is 0.00305. The molecule has 0 bridgehead atoms. The number of rotatable bonds is 6. The summed E-state index contributed by atoms with van der Waals surface area (Å²) in [5, 5.41) is 8.69. The zero-order valence-electron chi connectivity index (χ0n) is 11.2. The summed E-state index contributed by atoms with van der Waals surface area (Å²) in [5.41, 5.74) is 0. The van der Waals surface area contributed by atoms with Crippen LogP contribution < -0.4 is 0 Å². The van der Waals surface area contributed by atoms with Crippen LogP contribution in [0.25, 0.3) is 0 Å². The summed E-state index contributed by atoms with van der Waals surface area (Å²) in [7, 11) is -3.21. The van der Waals surface area contributed by atoms with Crippen LogP contribution in [0.1, 0.15) is 25.7 Å². The third-order valence-corrected chi connectivity index (χ3v) is 5.60. The molecule has 2 fully saturated rings. The van der Waals surface area contributed by atoms with Crippen molar-refractivity contribution in [2.45, 2.75) is 37.9 Å². The molecule has 0 radical (unpaired) electrons. The van der Waals surface area contributed by atoms with Crippen molar-refractivity contribution in [1.29, 1.82) is 0 Å². The number of piperidine rings is 1. The molecular formula is C12H23NO5S. The summed E-state index contributed by atoms with van der Waals surface area (Å²) in [6.45, 7) is 2.03. The van der Waals surface area contributed by atoms with Crippen molar-refractivity contribution >= 4 is 10.0 Å². The summed E-state index contributed by atoms with van der Waals surface area (Å²) >= 11 is 0. The van der Waals surface area contributed by atoms with Gasteiger partial charge in [0, 0.05) is 19.7 Å². The zero-order chi connectivity index (χ0) is 13.7. The smallest absolute Gasteiger partial charge is 0.216 e. The van der Waals surface area contributed by atoms with E-state index in [1.54, 1.807) is 4.31 Å². The van der Waals surface area contributed by atoms with E-state index in [4.69, 9.17) is 14.6 Å². The van der Waals surface area contributed by atoms with Gasteiger partial charge in [-0.2, -0.15) is 0 Å². The molecule has 1 atom stereocenters. The van der Waals surface area contributed by atoms with Crippen molar-refractivity contribution in [2.24, 2.45) is 0 Å². The van der Waals surface area contributed by atoms with Crippen molar-refractivity contribution in [3.05, 3.63) is 0 Å². The standard InChI is InChI=1S/C12H23NO5S/c14-7-9-18-11-3-5-13(6-4-11)19(15,16)10-12-2-1-8-17-12/h11-12,14H,1-10H2. The number of aliphatic hydroxyl groups excluding tert-OH is 1. The Morgan fingerprint density at radius 1 is 1.26 bits per heavy atom.